The molecule has 0 radical (unpaired) electrons. The van der Waals surface area contributed by atoms with Gasteiger partial charge in [-0.2, -0.15) is 0 Å². The number of hydrogen-bond donors (Lipinski definition) is 1. The lowest BCUT2D eigenvalue weighted by Gasteiger charge is -2.35. The molecule has 1 aromatic rings. The van der Waals surface area contributed by atoms with Gasteiger partial charge in [0.15, 0.2) is 5.96 Å². The average molecular weight is 502 g/mol. The summed E-state index contributed by atoms with van der Waals surface area (Å²) in [4.78, 5) is 21.0. The first kappa shape index (κ1) is 24.7. The second-order valence-corrected chi connectivity index (χ2v) is 6.71. The maximum atomic E-state index is 12.2. The van der Waals surface area contributed by atoms with Gasteiger partial charge >= 0.3 is 0 Å². The van der Waals surface area contributed by atoms with Crippen LogP contribution in [0, 0.1) is 6.92 Å². The number of benzene rings is 1. The van der Waals surface area contributed by atoms with E-state index in [9.17, 15) is 4.79 Å². The van der Waals surface area contributed by atoms with Crippen molar-refractivity contribution in [2.24, 2.45) is 4.99 Å². The molecule has 0 bridgehead atoms. The number of nitrogens with one attached hydrogen (secondary N) is 1. The molecule has 7 heteroatoms. The Morgan fingerprint density at radius 1 is 1.29 bits per heavy atom. The van der Waals surface area contributed by atoms with E-state index in [2.05, 4.69) is 48.3 Å². The Morgan fingerprint density at radius 3 is 2.64 bits per heavy atom. The highest BCUT2D eigenvalue weighted by Gasteiger charge is 2.25. The molecule has 1 heterocycles. The van der Waals surface area contributed by atoms with Crippen molar-refractivity contribution in [2.45, 2.75) is 40.2 Å². The Bertz CT molecular complexity index is 635. The Labute approximate surface area is 186 Å². The Kier molecular flexibility index (Phi) is 11.4. The number of halogens is 1. The molecule has 1 aromatic carbocycles. The van der Waals surface area contributed by atoms with Crippen LogP contribution in [0.4, 0.5) is 0 Å². The fourth-order valence-corrected chi connectivity index (χ4v) is 3.40. The van der Waals surface area contributed by atoms with E-state index < -0.39 is 0 Å². The quantitative estimate of drug-likeness (QED) is 0.354. The fourth-order valence-electron chi connectivity index (χ4n) is 3.40. The van der Waals surface area contributed by atoms with Crippen LogP contribution in [0.15, 0.2) is 29.3 Å². The van der Waals surface area contributed by atoms with E-state index in [-0.39, 0.29) is 36.0 Å². The molecule has 1 amide bonds. The van der Waals surface area contributed by atoms with Crippen LogP contribution in [0.1, 0.15) is 44.4 Å². The zero-order valence-corrected chi connectivity index (χ0v) is 19.9. The van der Waals surface area contributed by atoms with Gasteiger partial charge in [-0.1, -0.05) is 24.3 Å². The van der Waals surface area contributed by atoms with Gasteiger partial charge in [0, 0.05) is 32.6 Å². The lowest BCUT2D eigenvalue weighted by molar-refractivity contribution is -0.130. The van der Waals surface area contributed by atoms with E-state index in [4.69, 9.17) is 9.73 Å². The van der Waals surface area contributed by atoms with Gasteiger partial charge in [-0.25, -0.2) is 0 Å². The standard InChI is InChI=1S/C21H34N4O2.HI/c1-5-22-21(23-13-12-20(26)24(6-2)7-3)25-14-15-27-19(16-25)18-11-9-8-10-17(18)4;/h8-11,19H,5-7,12-16H2,1-4H3,(H,22,23);1H. The minimum Gasteiger partial charge on any atom is -0.370 e. The molecular weight excluding hydrogens is 467 g/mol. The molecule has 158 valence electrons. The molecule has 1 fully saturated rings. The van der Waals surface area contributed by atoms with Gasteiger partial charge < -0.3 is 19.9 Å². The van der Waals surface area contributed by atoms with Crippen LogP contribution < -0.4 is 5.32 Å². The number of aliphatic imine (C=N–C) groups is 1. The van der Waals surface area contributed by atoms with Gasteiger partial charge in [-0.15, -0.1) is 24.0 Å². The predicted molar refractivity (Wildman–Crippen MR) is 125 cm³/mol. The van der Waals surface area contributed by atoms with E-state index >= 15 is 0 Å². The number of carbonyl (C=O) groups is 1. The van der Waals surface area contributed by atoms with Gasteiger partial charge in [0.2, 0.25) is 5.91 Å². The summed E-state index contributed by atoms with van der Waals surface area (Å²) in [7, 11) is 0. The van der Waals surface area contributed by atoms with Gasteiger partial charge in [0.1, 0.15) is 6.10 Å². The predicted octanol–water partition coefficient (Wildman–Crippen LogP) is 3.21. The van der Waals surface area contributed by atoms with Gasteiger partial charge in [0.05, 0.1) is 19.7 Å². The van der Waals surface area contributed by atoms with Crippen LogP contribution in [0.2, 0.25) is 0 Å². The highest BCUT2D eigenvalue weighted by Crippen LogP contribution is 2.24. The van der Waals surface area contributed by atoms with Crippen LogP contribution in [-0.2, 0) is 9.53 Å². The normalized spacial score (nSPS) is 17.1. The van der Waals surface area contributed by atoms with Crippen molar-refractivity contribution in [1.29, 1.82) is 0 Å². The van der Waals surface area contributed by atoms with E-state index in [0.717, 1.165) is 38.7 Å². The second kappa shape index (κ2) is 13.0. The van der Waals surface area contributed by atoms with E-state index in [1.54, 1.807) is 0 Å². The van der Waals surface area contributed by atoms with Crippen molar-refractivity contribution in [2.75, 3.05) is 45.9 Å². The van der Waals surface area contributed by atoms with E-state index in [1.165, 1.54) is 11.1 Å². The molecule has 1 unspecified atom stereocenters. The Hall–Kier alpha value is -1.35. The summed E-state index contributed by atoms with van der Waals surface area (Å²) in [6, 6.07) is 8.37. The third-order valence-electron chi connectivity index (χ3n) is 4.94. The number of ether oxygens (including phenoxy) is 1. The van der Waals surface area contributed by atoms with Crippen LogP contribution in [0.5, 0.6) is 0 Å². The number of morpholine rings is 1. The number of amides is 1. The molecular formula is C21H35IN4O2. The first-order valence-corrected chi connectivity index (χ1v) is 10.1. The highest BCUT2D eigenvalue weighted by atomic mass is 127. The molecule has 0 spiro atoms. The van der Waals surface area contributed by atoms with Crippen molar-refractivity contribution in [3.05, 3.63) is 35.4 Å². The van der Waals surface area contributed by atoms with Crippen LogP contribution in [0.25, 0.3) is 0 Å². The molecule has 1 N–H and O–H groups in total. The molecule has 1 aliphatic heterocycles. The fraction of sp³-hybridized carbons (Fsp3) is 0.619. The summed E-state index contributed by atoms with van der Waals surface area (Å²) in [5.74, 6) is 1.03. The molecule has 0 aromatic heterocycles. The molecule has 2 rings (SSSR count). The third kappa shape index (κ3) is 6.92. The summed E-state index contributed by atoms with van der Waals surface area (Å²) in [5.41, 5.74) is 2.48. The number of rotatable bonds is 7. The Morgan fingerprint density at radius 2 is 2.00 bits per heavy atom. The van der Waals surface area contributed by atoms with Crippen molar-refractivity contribution in [3.63, 3.8) is 0 Å². The minimum atomic E-state index is 0. The number of carbonyl (C=O) groups excluding carboxylic acids is 1. The zero-order valence-electron chi connectivity index (χ0n) is 17.6. The van der Waals surface area contributed by atoms with E-state index in [0.29, 0.717) is 19.6 Å². The lowest BCUT2D eigenvalue weighted by atomic mass is 10.0. The first-order valence-electron chi connectivity index (χ1n) is 10.1. The lowest BCUT2D eigenvalue weighted by Crippen LogP contribution is -2.48. The molecule has 1 aliphatic rings. The molecule has 0 saturated carbocycles. The largest absolute Gasteiger partial charge is 0.370 e. The smallest absolute Gasteiger partial charge is 0.224 e. The molecule has 0 aliphatic carbocycles. The number of aryl methyl sites for hydroxylation is 1. The maximum absolute atomic E-state index is 12.2. The van der Waals surface area contributed by atoms with E-state index in [1.807, 2.05) is 18.7 Å². The molecule has 1 atom stereocenters. The summed E-state index contributed by atoms with van der Waals surface area (Å²) in [5, 5.41) is 3.37. The van der Waals surface area contributed by atoms with Gasteiger partial charge in [-0.3, -0.25) is 9.79 Å². The van der Waals surface area contributed by atoms with Gasteiger partial charge in [-0.05, 0) is 38.8 Å². The monoisotopic (exact) mass is 502 g/mol. The first-order chi connectivity index (χ1) is 13.1. The number of hydrogen-bond acceptors (Lipinski definition) is 3. The highest BCUT2D eigenvalue weighted by molar-refractivity contribution is 14.0. The summed E-state index contributed by atoms with van der Waals surface area (Å²) in [6.45, 7) is 13.2. The molecule has 1 saturated heterocycles. The SMILES string of the molecule is CCNC(=NCCC(=O)N(CC)CC)N1CCOC(c2ccccc2C)C1.I. The number of guanidine groups is 1. The second-order valence-electron chi connectivity index (χ2n) is 6.71. The van der Waals surface area contributed by atoms with Crippen LogP contribution in [0.3, 0.4) is 0 Å². The Balaban J connectivity index is 0.00000392. The molecule has 28 heavy (non-hydrogen) atoms. The van der Waals surface area contributed by atoms with Crippen molar-refractivity contribution in [1.82, 2.24) is 15.1 Å². The van der Waals surface area contributed by atoms with Crippen LogP contribution in [-0.4, -0.2) is 67.5 Å². The summed E-state index contributed by atoms with van der Waals surface area (Å²) < 4.78 is 6.02. The summed E-state index contributed by atoms with van der Waals surface area (Å²) >= 11 is 0. The van der Waals surface area contributed by atoms with Crippen LogP contribution >= 0.6 is 24.0 Å². The maximum Gasteiger partial charge on any atom is 0.224 e. The minimum absolute atomic E-state index is 0. The van der Waals surface area contributed by atoms with Gasteiger partial charge in [0.25, 0.3) is 0 Å². The third-order valence-corrected chi connectivity index (χ3v) is 4.94. The molecule has 6 nitrogen and oxygen atoms in total. The number of nitrogens with zero attached hydrogens (tertiary/aromatic N) is 3. The van der Waals surface area contributed by atoms with Crippen molar-refractivity contribution >= 4 is 35.8 Å². The summed E-state index contributed by atoms with van der Waals surface area (Å²) in [6.07, 6.45) is 0.489. The van der Waals surface area contributed by atoms with Crippen molar-refractivity contribution in [3.8, 4) is 0 Å². The topological polar surface area (TPSA) is 57.2 Å². The zero-order chi connectivity index (χ0) is 19.6. The average Bonchev–Trinajstić information content (AvgIpc) is 2.69. The van der Waals surface area contributed by atoms with Crippen molar-refractivity contribution < 1.29 is 9.53 Å².